The third-order valence-electron chi connectivity index (χ3n) is 5.45. The molecule has 0 spiro atoms. The number of aromatic nitrogens is 1. The Morgan fingerprint density at radius 1 is 1.23 bits per heavy atom. The Labute approximate surface area is 149 Å². The summed E-state index contributed by atoms with van der Waals surface area (Å²) >= 11 is 0. The average Bonchev–Trinajstić information content (AvgIpc) is 3.30. The summed E-state index contributed by atoms with van der Waals surface area (Å²) in [5, 5.41) is 16.2. The van der Waals surface area contributed by atoms with E-state index in [0.717, 1.165) is 39.6 Å². The van der Waals surface area contributed by atoms with E-state index in [1.807, 2.05) is 36.4 Å². The van der Waals surface area contributed by atoms with Crippen molar-refractivity contribution in [2.45, 2.75) is 24.7 Å². The maximum absolute atomic E-state index is 10.2. The van der Waals surface area contributed by atoms with Gasteiger partial charge < -0.3 is 13.7 Å². The van der Waals surface area contributed by atoms with E-state index in [1.54, 1.807) is 13.4 Å². The predicted octanol–water partition coefficient (Wildman–Crippen LogP) is 4.53. The first-order chi connectivity index (χ1) is 12.8. The molecule has 5 nitrogen and oxygen atoms in total. The fourth-order valence-corrected chi connectivity index (χ4v) is 4.12. The smallest absolute Gasteiger partial charge is 0.177 e. The van der Waals surface area contributed by atoms with E-state index in [4.69, 9.17) is 13.7 Å². The third-order valence-corrected chi connectivity index (χ3v) is 5.45. The van der Waals surface area contributed by atoms with Crippen LogP contribution in [0.1, 0.15) is 23.2 Å². The molecule has 5 rings (SSSR count). The topological polar surface area (TPSA) is 72.2 Å². The van der Waals surface area contributed by atoms with Gasteiger partial charge in [0.15, 0.2) is 11.3 Å². The quantitative estimate of drug-likeness (QED) is 0.534. The number of hydrogen-bond donors (Lipinski definition) is 0. The first kappa shape index (κ1) is 15.0. The van der Waals surface area contributed by atoms with Crippen LogP contribution in [0.25, 0.3) is 21.9 Å². The van der Waals surface area contributed by atoms with Crippen molar-refractivity contribution in [1.82, 2.24) is 5.16 Å². The summed E-state index contributed by atoms with van der Waals surface area (Å²) < 4.78 is 16.7. The average molecular weight is 344 g/mol. The highest BCUT2D eigenvalue weighted by atomic mass is 16.5. The van der Waals surface area contributed by atoms with Crippen LogP contribution in [-0.2, 0) is 18.3 Å². The zero-order valence-electron chi connectivity index (χ0n) is 14.3. The molecule has 0 bridgehead atoms. The van der Waals surface area contributed by atoms with E-state index in [2.05, 4.69) is 11.2 Å². The largest absolute Gasteiger partial charge is 0.493 e. The summed E-state index contributed by atoms with van der Waals surface area (Å²) in [6.07, 6.45) is 3.67. The van der Waals surface area contributed by atoms with Crippen molar-refractivity contribution < 1.29 is 13.7 Å². The molecule has 4 aromatic rings. The first-order valence-electron chi connectivity index (χ1n) is 8.58. The molecule has 2 aromatic carbocycles. The highest BCUT2D eigenvalue weighted by molar-refractivity contribution is 6.09. The van der Waals surface area contributed by atoms with Gasteiger partial charge in [-0.25, -0.2) is 0 Å². The Bertz CT molecular complexity index is 1180. The first-order valence-corrected chi connectivity index (χ1v) is 8.58. The molecule has 1 aliphatic rings. The van der Waals surface area contributed by atoms with Crippen LogP contribution in [-0.4, -0.2) is 12.3 Å². The minimum Gasteiger partial charge on any atom is -0.493 e. The molecule has 1 atom stereocenters. The van der Waals surface area contributed by atoms with Gasteiger partial charge in [-0.2, -0.15) is 5.26 Å². The molecule has 26 heavy (non-hydrogen) atoms. The van der Waals surface area contributed by atoms with Gasteiger partial charge in [-0.3, -0.25) is 0 Å². The highest BCUT2D eigenvalue weighted by Gasteiger charge is 2.40. The maximum Gasteiger partial charge on any atom is 0.177 e. The van der Waals surface area contributed by atoms with Gasteiger partial charge in [0, 0.05) is 22.8 Å². The Morgan fingerprint density at radius 3 is 2.96 bits per heavy atom. The number of rotatable bonds is 2. The third kappa shape index (κ3) is 1.93. The van der Waals surface area contributed by atoms with Crippen LogP contribution in [0.4, 0.5) is 0 Å². The van der Waals surface area contributed by atoms with Crippen LogP contribution >= 0.6 is 0 Å². The predicted molar refractivity (Wildman–Crippen MR) is 96.1 cm³/mol. The minimum absolute atomic E-state index is 0.587. The molecule has 0 aliphatic heterocycles. The number of nitriles is 1. The SMILES string of the molecule is COc1ccc(C2(C#N)CCc3nocc3C2)c2c1oc1ccccc12. The lowest BCUT2D eigenvalue weighted by Crippen LogP contribution is -2.31. The van der Waals surface area contributed by atoms with Crippen LogP contribution in [0.2, 0.25) is 0 Å². The lowest BCUT2D eigenvalue weighted by atomic mass is 9.69. The van der Waals surface area contributed by atoms with Gasteiger partial charge in [-0.1, -0.05) is 29.4 Å². The standard InChI is InChI=1S/C21H16N2O3/c1-24-18-7-6-15(19-14-4-2-3-5-17(14)26-20(18)19)21(12-22)9-8-16-13(10-21)11-25-23-16/h2-7,11H,8-10H2,1H3. The molecule has 0 N–H and O–H groups in total. The fourth-order valence-electron chi connectivity index (χ4n) is 4.12. The summed E-state index contributed by atoms with van der Waals surface area (Å²) in [6, 6.07) is 14.4. The van der Waals surface area contributed by atoms with Crippen molar-refractivity contribution in [1.29, 1.82) is 5.26 Å². The monoisotopic (exact) mass is 344 g/mol. The fraction of sp³-hybridized carbons (Fsp3) is 0.238. The maximum atomic E-state index is 10.2. The second-order valence-corrected chi connectivity index (χ2v) is 6.77. The van der Waals surface area contributed by atoms with E-state index in [9.17, 15) is 5.26 Å². The number of ether oxygens (including phenoxy) is 1. The number of nitrogens with zero attached hydrogens (tertiary/aromatic N) is 2. The Hall–Kier alpha value is -3.26. The summed E-state index contributed by atoms with van der Waals surface area (Å²) in [4.78, 5) is 0. The normalized spacial score (nSPS) is 19.4. The van der Waals surface area contributed by atoms with Gasteiger partial charge in [0.2, 0.25) is 0 Å². The Balaban J connectivity index is 1.83. The lowest BCUT2D eigenvalue weighted by Gasteiger charge is -2.31. The Kier molecular flexibility index (Phi) is 3.10. The minimum atomic E-state index is -0.643. The molecule has 128 valence electrons. The van der Waals surface area contributed by atoms with E-state index >= 15 is 0 Å². The molecule has 5 heteroatoms. The van der Waals surface area contributed by atoms with Crippen molar-refractivity contribution in [2.75, 3.05) is 7.11 Å². The molecule has 2 aromatic heterocycles. The molecule has 0 radical (unpaired) electrons. The number of hydrogen-bond acceptors (Lipinski definition) is 5. The van der Waals surface area contributed by atoms with Gasteiger partial charge in [-0.15, -0.1) is 0 Å². The van der Waals surface area contributed by atoms with Gasteiger partial charge in [0.05, 0.1) is 24.3 Å². The number of fused-ring (bicyclic) bond motifs is 4. The Morgan fingerprint density at radius 2 is 2.12 bits per heavy atom. The molecule has 0 saturated heterocycles. The summed E-state index contributed by atoms with van der Waals surface area (Å²) in [5.74, 6) is 0.675. The van der Waals surface area contributed by atoms with Crippen LogP contribution in [0.5, 0.6) is 5.75 Å². The van der Waals surface area contributed by atoms with Crippen LogP contribution in [0, 0.1) is 11.3 Å². The number of para-hydroxylation sites is 1. The molecule has 2 heterocycles. The molecule has 0 amide bonds. The number of methoxy groups -OCH3 is 1. The van der Waals surface area contributed by atoms with Gasteiger partial charge >= 0.3 is 0 Å². The summed E-state index contributed by atoms with van der Waals surface area (Å²) in [5.41, 5.74) is 3.79. The van der Waals surface area contributed by atoms with Crippen molar-refractivity contribution in [3.8, 4) is 11.8 Å². The number of aryl methyl sites for hydroxylation is 1. The van der Waals surface area contributed by atoms with E-state index < -0.39 is 5.41 Å². The lowest BCUT2D eigenvalue weighted by molar-refractivity contribution is 0.408. The molecule has 0 saturated carbocycles. The second kappa shape index (κ2) is 5.37. The van der Waals surface area contributed by atoms with Gasteiger partial charge in [0.1, 0.15) is 11.8 Å². The van der Waals surface area contributed by atoms with Crippen LogP contribution < -0.4 is 4.74 Å². The highest BCUT2D eigenvalue weighted by Crippen LogP contribution is 2.45. The summed E-state index contributed by atoms with van der Waals surface area (Å²) in [6.45, 7) is 0. The zero-order chi connectivity index (χ0) is 17.7. The zero-order valence-corrected chi connectivity index (χ0v) is 14.3. The molecular formula is C21H16N2O3. The van der Waals surface area contributed by atoms with Crippen LogP contribution in [0.3, 0.4) is 0 Å². The van der Waals surface area contributed by atoms with Crippen molar-refractivity contribution >= 4 is 21.9 Å². The van der Waals surface area contributed by atoms with E-state index in [1.165, 1.54) is 0 Å². The van der Waals surface area contributed by atoms with Crippen LogP contribution in [0.15, 0.2) is 51.6 Å². The second-order valence-electron chi connectivity index (χ2n) is 6.77. The summed E-state index contributed by atoms with van der Waals surface area (Å²) in [7, 11) is 1.63. The molecule has 1 unspecified atom stereocenters. The number of furan rings is 1. The molecule has 0 fully saturated rings. The number of benzene rings is 2. The van der Waals surface area contributed by atoms with Crippen molar-refractivity contribution in [3.63, 3.8) is 0 Å². The van der Waals surface area contributed by atoms with E-state index in [-0.39, 0.29) is 0 Å². The van der Waals surface area contributed by atoms with Gasteiger partial charge in [-0.05, 0) is 30.5 Å². The van der Waals surface area contributed by atoms with Crippen molar-refractivity contribution in [2.24, 2.45) is 0 Å². The van der Waals surface area contributed by atoms with Crippen molar-refractivity contribution in [3.05, 3.63) is 59.5 Å². The molecular weight excluding hydrogens is 328 g/mol. The van der Waals surface area contributed by atoms with E-state index in [0.29, 0.717) is 24.2 Å². The van der Waals surface area contributed by atoms with Gasteiger partial charge in [0.25, 0.3) is 0 Å². The molecule has 1 aliphatic carbocycles.